The maximum Gasteiger partial charge on any atom is 0.249 e. The molecule has 3 rings (SSSR count). The molecule has 0 spiro atoms. The molecule has 1 aliphatic heterocycles. The molecule has 0 radical (unpaired) electrons. The van der Waals surface area contributed by atoms with Gasteiger partial charge in [-0.05, 0) is 22.0 Å². The molecular weight excluding hydrogens is 406 g/mol. The van der Waals surface area contributed by atoms with Crippen molar-refractivity contribution in [1.29, 1.82) is 0 Å². The Hall–Kier alpha value is -2.55. The van der Waals surface area contributed by atoms with E-state index in [9.17, 15) is 25.3 Å². The first kappa shape index (κ1) is 18.2. The summed E-state index contributed by atoms with van der Waals surface area (Å²) < 4.78 is 5.70. The topological polar surface area (TPSA) is 110 Å². The van der Waals surface area contributed by atoms with Crippen LogP contribution in [0.3, 0.4) is 0 Å². The monoisotopic (exact) mass is 421 g/mol. The van der Waals surface area contributed by atoms with Crippen LogP contribution in [0.25, 0.3) is 5.76 Å². The van der Waals surface area contributed by atoms with Gasteiger partial charge in [0, 0.05) is 18.7 Å². The largest absolute Gasteiger partial charge is 0.506 e. The summed E-state index contributed by atoms with van der Waals surface area (Å²) in [7, 11) is 1.14. The van der Waals surface area contributed by atoms with Gasteiger partial charge in [0.25, 0.3) is 0 Å². The highest BCUT2D eigenvalue weighted by Crippen LogP contribution is 2.51. The number of fused-ring (bicyclic) bond motifs is 1. The fourth-order valence-corrected chi connectivity index (χ4v) is 3.09. The molecule has 0 aromatic heterocycles. The second-order valence-electron chi connectivity index (χ2n) is 5.93. The number of nitrogens with zero attached hydrogens (tertiary/aromatic N) is 1. The minimum atomic E-state index is -1.97. The predicted molar refractivity (Wildman–Crippen MR) is 95.6 cm³/mol. The van der Waals surface area contributed by atoms with Crippen molar-refractivity contribution >= 4 is 27.6 Å². The highest BCUT2D eigenvalue weighted by molar-refractivity contribution is 9.10. The van der Waals surface area contributed by atoms with E-state index in [0.717, 1.165) is 7.05 Å². The molecule has 1 amide bonds. The Balaban J connectivity index is 2.20. The van der Waals surface area contributed by atoms with Crippen molar-refractivity contribution in [3.05, 3.63) is 58.1 Å². The summed E-state index contributed by atoms with van der Waals surface area (Å²) in [5, 5.41) is 41.3. The lowest BCUT2D eigenvalue weighted by Gasteiger charge is -2.33. The van der Waals surface area contributed by atoms with Gasteiger partial charge in [-0.1, -0.05) is 30.3 Å². The van der Waals surface area contributed by atoms with Crippen molar-refractivity contribution in [3.8, 4) is 17.2 Å². The van der Waals surface area contributed by atoms with Crippen molar-refractivity contribution in [2.24, 2.45) is 0 Å². The van der Waals surface area contributed by atoms with E-state index in [1.54, 1.807) is 24.3 Å². The lowest BCUT2D eigenvalue weighted by molar-refractivity contribution is -0.163. The van der Waals surface area contributed by atoms with E-state index in [1.165, 1.54) is 12.1 Å². The summed E-state index contributed by atoms with van der Waals surface area (Å²) >= 11 is 3.03. The summed E-state index contributed by atoms with van der Waals surface area (Å²) in [6.07, 6.45) is 0.757. The van der Waals surface area contributed by atoms with Gasteiger partial charge in [0.2, 0.25) is 5.91 Å². The van der Waals surface area contributed by atoms with Crippen LogP contribution >= 0.6 is 15.9 Å². The van der Waals surface area contributed by atoms with E-state index in [4.69, 9.17) is 4.74 Å². The number of halogens is 1. The fraction of sp³-hybridized carbons (Fsp3) is 0.167. The molecule has 7 nitrogen and oxygen atoms in total. The number of phenolic OH excluding ortho intramolecular Hbond substituents is 2. The Labute approximate surface area is 157 Å². The maximum absolute atomic E-state index is 12.0. The zero-order valence-corrected chi connectivity index (χ0v) is 15.3. The second kappa shape index (κ2) is 6.64. The van der Waals surface area contributed by atoms with Crippen molar-refractivity contribution in [3.63, 3.8) is 0 Å². The number of hydrogen-bond donors (Lipinski definition) is 4. The molecule has 4 N–H and O–H groups in total. The van der Waals surface area contributed by atoms with Crippen LogP contribution in [0.4, 0.5) is 0 Å². The van der Waals surface area contributed by atoms with Gasteiger partial charge in [0.05, 0.1) is 12.0 Å². The third kappa shape index (κ3) is 3.14. The van der Waals surface area contributed by atoms with Gasteiger partial charge in [-0.15, -0.1) is 0 Å². The Morgan fingerprint density at radius 3 is 2.54 bits per heavy atom. The molecule has 0 saturated carbocycles. The van der Waals surface area contributed by atoms with E-state index in [-0.39, 0.29) is 27.3 Å². The first-order valence-electron chi connectivity index (χ1n) is 7.62. The van der Waals surface area contributed by atoms with E-state index >= 15 is 0 Å². The standard InChI is InChI=1S/C18H16BrNO6/c1-20(25)14(22)9-18(24)8-13(10-5-3-2-4-6-10)26-12-7-11(21)16(19)17(23)15(12)18/h2-8,21,23-25H,9H2,1H3. The van der Waals surface area contributed by atoms with Crippen LogP contribution < -0.4 is 4.74 Å². The molecule has 1 heterocycles. The van der Waals surface area contributed by atoms with E-state index in [1.807, 2.05) is 6.07 Å². The second-order valence-corrected chi connectivity index (χ2v) is 6.72. The van der Waals surface area contributed by atoms with Gasteiger partial charge in [0.15, 0.2) is 0 Å². The minimum absolute atomic E-state index is 0.000413. The third-order valence-electron chi connectivity index (χ3n) is 4.05. The summed E-state index contributed by atoms with van der Waals surface area (Å²) in [6.45, 7) is 0. The van der Waals surface area contributed by atoms with Crippen LogP contribution in [-0.2, 0) is 10.4 Å². The van der Waals surface area contributed by atoms with Crippen LogP contribution in [0.1, 0.15) is 17.5 Å². The quantitative estimate of drug-likeness (QED) is 0.447. The number of aromatic hydroxyl groups is 2. The first-order chi connectivity index (χ1) is 12.2. The van der Waals surface area contributed by atoms with E-state index in [0.29, 0.717) is 10.6 Å². The molecule has 1 atom stereocenters. The van der Waals surface area contributed by atoms with E-state index in [2.05, 4.69) is 15.9 Å². The summed E-state index contributed by atoms with van der Waals surface area (Å²) in [5.74, 6) is -1.27. The Kier molecular flexibility index (Phi) is 4.66. The number of benzene rings is 2. The number of carbonyl (C=O) groups is 1. The smallest absolute Gasteiger partial charge is 0.249 e. The molecule has 1 unspecified atom stereocenters. The minimum Gasteiger partial charge on any atom is -0.506 e. The van der Waals surface area contributed by atoms with Crippen molar-refractivity contribution in [1.82, 2.24) is 5.06 Å². The molecule has 2 aromatic rings. The Morgan fingerprint density at radius 2 is 1.92 bits per heavy atom. The molecule has 1 aliphatic rings. The van der Waals surface area contributed by atoms with Gasteiger partial charge in [-0.3, -0.25) is 10.0 Å². The van der Waals surface area contributed by atoms with Crippen LogP contribution in [-0.4, -0.2) is 38.5 Å². The Morgan fingerprint density at radius 1 is 1.27 bits per heavy atom. The van der Waals surface area contributed by atoms with Crippen LogP contribution in [0.2, 0.25) is 0 Å². The number of rotatable bonds is 3. The van der Waals surface area contributed by atoms with Gasteiger partial charge in [-0.2, -0.15) is 0 Å². The van der Waals surface area contributed by atoms with Crippen molar-refractivity contribution < 1.29 is 30.1 Å². The van der Waals surface area contributed by atoms with Gasteiger partial charge >= 0.3 is 0 Å². The van der Waals surface area contributed by atoms with Crippen LogP contribution in [0.15, 0.2) is 46.9 Å². The molecule has 0 bridgehead atoms. The maximum atomic E-state index is 12.0. The SMILES string of the molecule is CN(O)C(=O)CC1(O)C=C(c2ccccc2)Oc2cc(O)c(Br)c(O)c21. The third-order valence-corrected chi connectivity index (χ3v) is 4.83. The number of ether oxygens (including phenoxy) is 1. The molecular formula is C18H16BrNO6. The molecule has 0 saturated heterocycles. The first-order valence-corrected chi connectivity index (χ1v) is 8.41. The molecule has 0 fully saturated rings. The number of aliphatic hydroxyl groups is 1. The van der Waals surface area contributed by atoms with E-state index < -0.39 is 23.7 Å². The molecule has 26 heavy (non-hydrogen) atoms. The van der Waals surface area contributed by atoms with Crippen LogP contribution in [0, 0.1) is 0 Å². The summed E-state index contributed by atoms with van der Waals surface area (Å²) in [5.41, 5.74) is -1.42. The van der Waals surface area contributed by atoms with Crippen molar-refractivity contribution in [2.75, 3.05) is 7.05 Å². The fourth-order valence-electron chi connectivity index (χ4n) is 2.77. The van der Waals surface area contributed by atoms with Gasteiger partial charge < -0.3 is 20.1 Å². The predicted octanol–water partition coefficient (Wildman–Crippen LogP) is 2.72. The summed E-state index contributed by atoms with van der Waals surface area (Å²) in [4.78, 5) is 12.0. The Bertz CT molecular complexity index is 896. The molecule has 136 valence electrons. The number of phenols is 2. The average molecular weight is 422 g/mol. The van der Waals surface area contributed by atoms with Gasteiger partial charge in [-0.25, -0.2) is 5.06 Å². The highest BCUT2D eigenvalue weighted by atomic mass is 79.9. The number of hydroxylamine groups is 2. The highest BCUT2D eigenvalue weighted by Gasteiger charge is 2.42. The van der Waals surface area contributed by atoms with Gasteiger partial charge in [0.1, 0.15) is 33.1 Å². The molecule has 2 aromatic carbocycles. The average Bonchev–Trinajstić information content (AvgIpc) is 2.59. The number of hydrogen-bond acceptors (Lipinski definition) is 6. The number of carbonyl (C=O) groups excluding carboxylic acids is 1. The lowest BCUT2D eigenvalue weighted by Crippen LogP contribution is -2.35. The van der Waals surface area contributed by atoms with Crippen LogP contribution in [0.5, 0.6) is 17.2 Å². The zero-order valence-electron chi connectivity index (χ0n) is 13.7. The lowest BCUT2D eigenvalue weighted by atomic mass is 9.85. The molecule has 8 heteroatoms. The number of amides is 1. The summed E-state index contributed by atoms with van der Waals surface area (Å²) in [6, 6.07) is 10.1. The zero-order chi connectivity index (χ0) is 19.1. The van der Waals surface area contributed by atoms with Crippen molar-refractivity contribution in [2.45, 2.75) is 12.0 Å². The molecule has 0 aliphatic carbocycles. The normalized spacial score (nSPS) is 18.5.